The number of amides is 3. The van der Waals surface area contributed by atoms with Gasteiger partial charge in [0.1, 0.15) is 23.2 Å². The second kappa shape index (κ2) is 10.2. The molecule has 7 nitrogen and oxygen atoms in total. The maximum Gasteiger partial charge on any atom is 0.257 e. The summed E-state index contributed by atoms with van der Waals surface area (Å²) in [6.07, 6.45) is 2.10. The van der Waals surface area contributed by atoms with Crippen LogP contribution in [0, 0.1) is 17.6 Å². The highest BCUT2D eigenvalue weighted by Crippen LogP contribution is 2.20. The number of nitrogens with zero attached hydrogens (tertiary/aromatic N) is 2. The molecule has 35 heavy (non-hydrogen) atoms. The van der Waals surface area contributed by atoms with Crippen LogP contribution in [-0.2, 0) is 16.0 Å². The molecule has 1 atom stereocenters. The van der Waals surface area contributed by atoms with Crippen LogP contribution >= 0.6 is 0 Å². The number of hydrogen-bond acceptors (Lipinski definition) is 3. The number of nitrogens with one attached hydrogen (secondary N) is 2. The van der Waals surface area contributed by atoms with E-state index in [9.17, 15) is 23.2 Å². The number of piperazine rings is 1. The fourth-order valence-electron chi connectivity index (χ4n) is 4.37. The van der Waals surface area contributed by atoms with Gasteiger partial charge < -0.3 is 20.1 Å². The third-order valence-electron chi connectivity index (χ3n) is 6.37. The Morgan fingerprint density at radius 1 is 0.943 bits per heavy atom. The summed E-state index contributed by atoms with van der Waals surface area (Å²) in [7, 11) is 0. The van der Waals surface area contributed by atoms with E-state index in [4.69, 9.17) is 0 Å². The van der Waals surface area contributed by atoms with E-state index in [-0.39, 0.29) is 24.2 Å². The average Bonchev–Trinajstić information content (AvgIpc) is 3.24. The summed E-state index contributed by atoms with van der Waals surface area (Å²) in [5, 5.41) is 3.51. The molecule has 1 aliphatic heterocycles. The fourth-order valence-corrected chi connectivity index (χ4v) is 4.37. The van der Waals surface area contributed by atoms with E-state index in [1.165, 1.54) is 6.07 Å². The Bertz CT molecular complexity index is 1230. The van der Waals surface area contributed by atoms with Gasteiger partial charge in [-0.05, 0) is 29.7 Å². The zero-order valence-corrected chi connectivity index (χ0v) is 19.7. The van der Waals surface area contributed by atoms with Crippen molar-refractivity contribution in [2.75, 3.05) is 26.2 Å². The second-order valence-electron chi connectivity index (χ2n) is 9.03. The van der Waals surface area contributed by atoms with Crippen molar-refractivity contribution in [3.05, 3.63) is 71.4 Å². The molecule has 184 valence electrons. The molecule has 2 N–H and O–H groups in total. The summed E-state index contributed by atoms with van der Waals surface area (Å²) in [6, 6.07) is 10.0. The van der Waals surface area contributed by atoms with Gasteiger partial charge in [-0.2, -0.15) is 0 Å². The van der Waals surface area contributed by atoms with Gasteiger partial charge in [0.15, 0.2) is 0 Å². The van der Waals surface area contributed by atoms with Gasteiger partial charge in [0.05, 0.1) is 6.42 Å². The third-order valence-corrected chi connectivity index (χ3v) is 6.37. The molecule has 0 saturated carbocycles. The smallest absolute Gasteiger partial charge is 0.257 e. The average molecular weight is 483 g/mol. The fraction of sp³-hybridized carbons (Fsp3) is 0.346. The number of carbonyl (C=O) groups excluding carboxylic acids is 3. The highest BCUT2D eigenvalue weighted by atomic mass is 19.1. The van der Waals surface area contributed by atoms with Gasteiger partial charge >= 0.3 is 0 Å². The predicted octanol–water partition coefficient (Wildman–Crippen LogP) is 3.11. The maximum atomic E-state index is 14.0. The molecule has 0 aliphatic carbocycles. The Labute approximate surface area is 202 Å². The van der Waals surface area contributed by atoms with Crippen molar-refractivity contribution in [2.45, 2.75) is 26.3 Å². The highest BCUT2D eigenvalue weighted by molar-refractivity contribution is 5.98. The summed E-state index contributed by atoms with van der Waals surface area (Å²) in [5.41, 5.74) is 1.19. The molecule has 1 fully saturated rings. The van der Waals surface area contributed by atoms with Crippen LogP contribution in [0.15, 0.2) is 48.7 Å². The van der Waals surface area contributed by atoms with Gasteiger partial charge in [-0.3, -0.25) is 14.4 Å². The first kappa shape index (κ1) is 24.4. The largest absolute Gasteiger partial charge is 0.361 e. The van der Waals surface area contributed by atoms with Crippen molar-refractivity contribution in [2.24, 2.45) is 5.92 Å². The Hall–Kier alpha value is -3.75. The first-order valence-corrected chi connectivity index (χ1v) is 11.6. The number of fused-ring (bicyclic) bond motifs is 1. The van der Waals surface area contributed by atoms with Gasteiger partial charge in [0.25, 0.3) is 5.91 Å². The van der Waals surface area contributed by atoms with Crippen LogP contribution in [0.25, 0.3) is 10.9 Å². The molecule has 1 aliphatic rings. The first-order valence-electron chi connectivity index (χ1n) is 11.6. The van der Waals surface area contributed by atoms with Crippen LogP contribution in [0.4, 0.5) is 8.78 Å². The number of aromatic nitrogens is 1. The highest BCUT2D eigenvalue weighted by Gasteiger charge is 2.33. The standard InChI is InChI=1S/C26H28F2N4O3/c1-16(2)24(30-25(34)23-19(27)7-5-8-20(23)28)26(35)32-12-10-31(11-13-32)22(33)14-17-15-29-21-9-4-3-6-18(17)21/h3-9,15-16,24,29H,10-14H2,1-2H3,(H,30,34)/t24-/m0/s1. The molecule has 0 bridgehead atoms. The van der Waals surface area contributed by atoms with E-state index in [0.717, 1.165) is 28.6 Å². The molecule has 1 saturated heterocycles. The number of aromatic amines is 1. The van der Waals surface area contributed by atoms with Crippen molar-refractivity contribution < 1.29 is 23.2 Å². The zero-order valence-electron chi connectivity index (χ0n) is 19.7. The van der Waals surface area contributed by atoms with Gasteiger partial charge in [-0.1, -0.05) is 38.1 Å². The second-order valence-corrected chi connectivity index (χ2v) is 9.03. The summed E-state index contributed by atoms with van der Waals surface area (Å²) in [5.74, 6) is -3.61. The molecule has 0 spiro atoms. The number of benzene rings is 2. The first-order chi connectivity index (χ1) is 16.8. The lowest BCUT2D eigenvalue weighted by Crippen LogP contribution is -2.57. The number of carbonyl (C=O) groups is 3. The van der Waals surface area contributed by atoms with E-state index in [0.29, 0.717) is 26.2 Å². The number of halogens is 2. The van der Waals surface area contributed by atoms with Crippen molar-refractivity contribution in [3.8, 4) is 0 Å². The Morgan fingerprint density at radius 3 is 2.23 bits per heavy atom. The number of H-pyrrole nitrogens is 1. The van der Waals surface area contributed by atoms with Crippen LogP contribution in [0.1, 0.15) is 29.8 Å². The molecule has 2 aromatic carbocycles. The molecule has 0 unspecified atom stereocenters. The molecule has 0 radical (unpaired) electrons. The van der Waals surface area contributed by atoms with E-state index >= 15 is 0 Å². The molecule has 3 aromatic rings. The van der Waals surface area contributed by atoms with Crippen LogP contribution in [0.5, 0.6) is 0 Å². The minimum absolute atomic E-state index is 0.0226. The Balaban J connectivity index is 1.37. The summed E-state index contributed by atoms with van der Waals surface area (Å²) < 4.78 is 28.0. The summed E-state index contributed by atoms with van der Waals surface area (Å²) in [4.78, 5) is 45.1. The number of para-hydroxylation sites is 1. The number of rotatable bonds is 6. The SMILES string of the molecule is CC(C)[C@H](NC(=O)c1c(F)cccc1F)C(=O)N1CCN(C(=O)Cc2c[nH]c3ccccc23)CC1. The molecule has 3 amide bonds. The van der Waals surface area contributed by atoms with E-state index in [1.54, 1.807) is 23.6 Å². The lowest BCUT2D eigenvalue weighted by atomic mass is 10.0. The monoisotopic (exact) mass is 482 g/mol. The number of hydrogen-bond donors (Lipinski definition) is 2. The Morgan fingerprint density at radius 2 is 1.57 bits per heavy atom. The Kier molecular flexibility index (Phi) is 7.14. The van der Waals surface area contributed by atoms with Crippen LogP contribution < -0.4 is 5.32 Å². The zero-order chi connectivity index (χ0) is 25.1. The van der Waals surface area contributed by atoms with Gasteiger partial charge in [0, 0.05) is 43.3 Å². The minimum Gasteiger partial charge on any atom is -0.361 e. The molecule has 2 heterocycles. The molecule has 1 aromatic heterocycles. The minimum atomic E-state index is -0.986. The van der Waals surface area contributed by atoms with Gasteiger partial charge in [-0.25, -0.2) is 8.78 Å². The van der Waals surface area contributed by atoms with Crippen LogP contribution in [0.2, 0.25) is 0 Å². The molecular formula is C26H28F2N4O3. The van der Waals surface area contributed by atoms with Crippen molar-refractivity contribution >= 4 is 28.6 Å². The lowest BCUT2D eigenvalue weighted by Gasteiger charge is -2.37. The predicted molar refractivity (Wildman–Crippen MR) is 128 cm³/mol. The van der Waals surface area contributed by atoms with E-state index in [2.05, 4.69) is 10.3 Å². The van der Waals surface area contributed by atoms with Gasteiger partial charge in [-0.15, -0.1) is 0 Å². The quantitative estimate of drug-likeness (QED) is 0.566. The van der Waals surface area contributed by atoms with Gasteiger partial charge in [0.2, 0.25) is 11.8 Å². The van der Waals surface area contributed by atoms with E-state index < -0.39 is 29.1 Å². The van der Waals surface area contributed by atoms with Crippen molar-refractivity contribution in [1.29, 1.82) is 0 Å². The van der Waals surface area contributed by atoms with Crippen molar-refractivity contribution in [3.63, 3.8) is 0 Å². The maximum absolute atomic E-state index is 14.0. The molecular weight excluding hydrogens is 454 g/mol. The van der Waals surface area contributed by atoms with Crippen LogP contribution in [-0.4, -0.2) is 64.7 Å². The lowest BCUT2D eigenvalue weighted by molar-refractivity contribution is -0.141. The topological polar surface area (TPSA) is 85.5 Å². The molecule has 9 heteroatoms. The van der Waals surface area contributed by atoms with Crippen LogP contribution in [0.3, 0.4) is 0 Å². The van der Waals surface area contributed by atoms with Crippen molar-refractivity contribution in [1.82, 2.24) is 20.1 Å². The normalized spacial score (nSPS) is 14.9. The summed E-state index contributed by atoms with van der Waals surface area (Å²) in [6.45, 7) is 4.86. The summed E-state index contributed by atoms with van der Waals surface area (Å²) >= 11 is 0. The third kappa shape index (κ3) is 5.18. The van der Waals surface area contributed by atoms with E-state index in [1.807, 2.05) is 30.5 Å². The molecule has 4 rings (SSSR count).